The van der Waals surface area contributed by atoms with Crippen molar-refractivity contribution < 1.29 is 14.1 Å². The molecule has 1 aliphatic rings. The van der Waals surface area contributed by atoms with Gasteiger partial charge in [0.2, 0.25) is 0 Å². The summed E-state index contributed by atoms with van der Waals surface area (Å²) in [7, 11) is 0. The topological polar surface area (TPSA) is 80.5 Å². The molecule has 0 saturated carbocycles. The molecule has 1 fully saturated rings. The molecule has 3 rings (SSSR count). The Hall–Kier alpha value is -1.77. The van der Waals surface area contributed by atoms with Crippen molar-refractivity contribution in [3.63, 3.8) is 0 Å². The van der Waals surface area contributed by atoms with E-state index in [9.17, 15) is 4.79 Å². The molecule has 0 spiro atoms. The summed E-state index contributed by atoms with van der Waals surface area (Å²) in [6.45, 7) is 8.45. The third-order valence-corrected chi connectivity index (χ3v) is 5.10. The van der Waals surface area contributed by atoms with Crippen LogP contribution in [-0.4, -0.2) is 53.8 Å². The standard InChI is InChI=1S/C16H22N4O3S/c1-11-12(2)24-15(18-11)3-4-17-16(21)14-9-13(23-19-14)10-20-5-7-22-8-6-20/h9H,3-8,10H2,1-2H3,(H,17,21). The number of aryl methyl sites for hydroxylation is 2. The van der Waals surface area contributed by atoms with Gasteiger partial charge in [-0.25, -0.2) is 4.98 Å². The molecule has 0 bridgehead atoms. The molecule has 0 atom stereocenters. The molecule has 2 aromatic heterocycles. The number of nitrogens with zero attached hydrogens (tertiary/aromatic N) is 3. The fraction of sp³-hybridized carbons (Fsp3) is 0.562. The average Bonchev–Trinajstić information content (AvgIpc) is 3.15. The van der Waals surface area contributed by atoms with Gasteiger partial charge in [0.1, 0.15) is 0 Å². The van der Waals surface area contributed by atoms with Crippen LogP contribution in [0.25, 0.3) is 0 Å². The number of thiazole rings is 1. The number of amides is 1. The summed E-state index contributed by atoms with van der Waals surface area (Å²) < 4.78 is 10.6. The predicted octanol–water partition coefficient (Wildman–Crippen LogP) is 1.55. The van der Waals surface area contributed by atoms with E-state index < -0.39 is 0 Å². The van der Waals surface area contributed by atoms with Crippen molar-refractivity contribution in [2.75, 3.05) is 32.8 Å². The molecule has 0 aromatic carbocycles. The maximum Gasteiger partial charge on any atom is 0.273 e. The van der Waals surface area contributed by atoms with E-state index in [2.05, 4.69) is 27.3 Å². The monoisotopic (exact) mass is 350 g/mol. The Morgan fingerprint density at radius 3 is 2.88 bits per heavy atom. The summed E-state index contributed by atoms with van der Waals surface area (Å²) in [6.07, 6.45) is 0.726. The number of hydrogen-bond acceptors (Lipinski definition) is 7. The normalized spacial score (nSPS) is 15.6. The average molecular weight is 350 g/mol. The number of morpholine rings is 1. The quantitative estimate of drug-likeness (QED) is 0.851. The van der Waals surface area contributed by atoms with E-state index in [1.807, 2.05) is 6.92 Å². The molecule has 0 radical (unpaired) electrons. The highest BCUT2D eigenvalue weighted by molar-refractivity contribution is 7.11. The van der Waals surface area contributed by atoms with Crippen molar-refractivity contribution in [2.45, 2.75) is 26.8 Å². The second-order valence-electron chi connectivity index (χ2n) is 5.82. The molecule has 2 aromatic rings. The third kappa shape index (κ3) is 4.40. The van der Waals surface area contributed by atoms with E-state index in [4.69, 9.17) is 9.26 Å². The van der Waals surface area contributed by atoms with Crippen LogP contribution in [0.5, 0.6) is 0 Å². The van der Waals surface area contributed by atoms with Crippen LogP contribution in [0.15, 0.2) is 10.6 Å². The van der Waals surface area contributed by atoms with Gasteiger partial charge in [0, 0.05) is 37.0 Å². The van der Waals surface area contributed by atoms with E-state index in [1.54, 1.807) is 17.4 Å². The lowest BCUT2D eigenvalue weighted by Crippen LogP contribution is -2.35. The summed E-state index contributed by atoms with van der Waals surface area (Å²) in [5, 5.41) is 7.77. The molecule has 0 unspecified atom stereocenters. The molecule has 1 amide bonds. The molecule has 0 aliphatic carbocycles. The minimum absolute atomic E-state index is 0.211. The maximum absolute atomic E-state index is 12.1. The fourth-order valence-corrected chi connectivity index (χ4v) is 3.43. The van der Waals surface area contributed by atoms with Crippen LogP contribution in [0.4, 0.5) is 0 Å². The minimum Gasteiger partial charge on any atom is -0.379 e. The second-order valence-corrected chi connectivity index (χ2v) is 7.11. The Balaban J connectivity index is 1.46. The Labute approximate surface area is 145 Å². The van der Waals surface area contributed by atoms with Gasteiger partial charge >= 0.3 is 0 Å². The number of hydrogen-bond donors (Lipinski definition) is 1. The molecule has 8 heteroatoms. The van der Waals surface area contributed by atoms with Crippen LogP contribution in [0.1, 0.15) is 31.8 Å². The number of carbonyl (C=O) groups excluding carboxylic acids is 1. The molecule has 1 aliphatic heterocycles. The summed E-state index contributed by atoms with van der Waals surface area (Å²) in [4.78, 5) is 20.0. The lowest BCUT2D eigenvalue weighted by Gasteiger charge is -2.25. The van der Waals surface area contributed by atoms with Gasteiger partial charge < -0.3 is 14.6 Å². The third-order valence-electron chi connectivity index (χ3n) is 3.97. The molecular weight excluding hydrogens is 328 g/mol. The van der Waals surface area contributed by atoms with Gasteiger partial charge in [-0.3, -0.25) is 9.69 Å². The van der Waals surface area contributed by atoms with Crippen molar-refractivity contribution in [3.05, 3.63) is 33.1 Å². The summed E-state index contributed by atoms with van der Waals surface area (Å²) >= 11 is 1.67. The van der Waals surface area contributed by atoms with Gasteiger partial charge in [0.25, 0.3) is 5.91 Å². The van der Waals surface area contributed by atoms with E-state index in [1.165, 1.54) is 4.88 Å². The largest absolute Gasteiger partial charge is 0.379 e. The minimum atomic E-state index is -0.211. The molecule has 7 nitrogen and oxygen atoms in total. The van der Waals surface area contributed by atoms with Gasteiger partial charge in [-0.15, -0.1) is 11.3 Å². The SMILES string of the molecule is Cc1nc(CCNC(=O)c2cc(CN3CCOCC3)on2)sc1C. The molecular formula is C16H22N4O3S. The van der Waals surface area contributed by atoms with Gasteiger partial charge in [-0.1, -0.05) is 5.16 Å². The zero-order valence-electron chi connectivity index (χ0n) is 14.0. The van der Waals surface area contributed by atoms with Crippen molar-refractivity contribution in [3.8, 4) is 0 Å². The van der Waals surface area contributed by atoms with Crippen LogP contribution in [0.3, 0.4) is 0 Å². The van der Waals surface area contributed by atoms with Crippen LogP contribution >= 0.6 is 11.3 Å². The second kappa shape index (κ2) is 7.87. The van der Waals surface area contributed by atoms with Crippen LogP contribution < -0.4 is 5.32 Å². The zero-order chi connectivity index (χ0) is 16.9. The Morgan fingerprint density at radius 1 is 1.38 bits per heavy atom. The van der Waals surface area contributed by atoms with E-state index >= 15 is 0 Å². The van der Waals surface area contributed by atoms with E-state index in [-0.39, 0.29) is 5.91 Å². The van der Waals surface area contributed by atoms with Gasteiger partial charge in [-0.2, -0.15) is 0 Å². The predicted molar refractivity (Wildman–Crippen MR) is 90.2 cm³/mol. The molecule has 1 N–H and O–H groups in total. The molecule has 24 heavy (non-hydrogen) atoms. The maximum atomic E-state index is 12.1. The number of aromatic nitrogens is 2. The van der Waals surface area contributed by atoms with Gasteiger partial charge in [-0.05, 0) is 13.8 Å². The molecule has 130 valence electrons. The zero-order valence-corrected chi connectivity index (χ0v) is 14.8. The summed E-state index contributed by atoms with van der Waals surface area (Å²) in [5.41, 5.74) is 1.38. The number of ether oxygens (including phenoxy) is 1. The first-order valence-corrected chi connectivity index (χ1v) is 8.90. The van der Waals surface area contributed by atoms with Crippen LogP contribution in [-0.2, 0) is 17.7 Å². The van der Waals surface area contributed by atoms with Crippen molar-refractivity contribution in [1.29, 1.82) is 0 Å². The van der Waals surface area contributed by atoms with E-state index in [0.717, 1.165) is 43.4 Å². The number of nitrogens with one attached hydrogen (secondary N) is 1. The number of rotatable bonds is 6. The first-order chi connectivity index (χ1) is 11.6. The van der Waals surface area contributed by atoms with Crippen molar-refractivity contribution in [1.82, 2.24) is 20.4 Å². The highest BCUT2D eigenvalue weighted by Crippen LogP contribution is 2.16. The molecule has 3 heterocycles. The fourth-order valence-electron chi connectivity index (χ4n) is 2.49. The molecule has 1 saturated heterocycles. The van der Waals surface area contributed by atoms with Gasteiger partial charge in [0.15, 0.2) is 11.5 Å². The van der Waals surface area contributed by atoms with Crippen LogP contribution in [0, 0.1) is 13.8 Å². The van der Waals surface area contributed by atoms with Crippen molar-refractivity contribution >= 4 is 17.2 Å². The van der Waals surface area contributed by atoms with Crippen LogP contribution in [0.2, 0.25) is 0 Å². The first kappa shape index (κ1) is 17.1. The lowest BCUT2D eigenvalue weighted by atomic mass is 10.3. The van der Waals surface area contributed by atoms with Crippen molar-refractivity contribution in [2.24, 2.45) is 0 Å². The smallest absolute Gasteiger partial charge is 0.273 e. The summed E-state index contributed by atoms with van der Waals surface area (Å²) in [6, 6.07) is 1.71. The first-order valence-electron chi connectivity index (χ1n) is 8.08. The highest BCUT2D eigenvalue weighted by Gasteiger charge is 2.16. The lowest BCUT2D eigenvalue weighted by molar-refractivity contribution is 0.0305. The Morgan fingerprint density at radius 2 is 2.17 bits per heavy atom. The van der Waals surface area contributed by atoms with E-state index in [0.29, 0.717) is 24.5 Å². The summed E-state index contributed by atoms with van der Waals surface area (Å²) in [5.74, 6) is 0.491. The highest BCUT2D eigenvalue weighted by atomic mass is 32.1. The van der Waals surface area contributed by atoms with Gasteiger partial charge in [0.05, 0.1) is 30.5 Å². The Kier molecular flexibility index (Phi) is 5.60. The number of carbonyl (C=O) groups is 1. The Bertz CT molecular complexity index is 672.